The van der Waals surface area contributed by atoms with E-state index in [2.05, 4.69) is 97.4 Å². The number of nitrogens with one attached hydrogen (secondary N) is 2. The Bertz CT molecular complexity index is 2020. The lowest BCUT2D eigenvalue weighted by Gasteiger charge is -2.42. The van der Waals surface area contributed by atoms with Gasteiger partial charge in [-0.25, -0.2) is 9.97 Å². The first-order valence-electron chi connectivity index (χ1n) is 17.6. The summed E-state index contributed by atoms with van der Waals surface area (Å²) in [4.78, 5) is 21.8. The predicted octanol–water partition coefficient (Wildman–Crippen LogP) is 7.28. The minimum atomic E-state index is -2.75. The van der Waals surface area contributed by atoms with Crippen molar-refractivity contribution in [2.24, 2.45) is 0 Å². The van der Waals surface area contributed by atoms with Crippen LogP contribution in [0.15, 0.2) is 47.1 Å². The molecule has 2 aliphatic rings. The van der Waals surface area contributed by atoms with Crippen LogP contribution < -0.4 is 25.6 Å². The summed E-state index contributed by atoms with van der Waals surface area (Å²) in [5.74, 6) is 5.04. The molecule has 2 aromatic heterocycles. The third-order valence-electron chi connectivity index (χ3n) is 9.58. The van der Waals surface area contributed by atoms with E-state index < -0.39 is 15.2 Å². The van der Waals surface area contributed by atoms with E-state index >= 15 is 0 Å². The summed E-state index contributed by atoms with van der Waals surface area (Å²) < 4.78 is 20.4. The highest BCUT2D eigenvalue weighted by molar-refractivity contribution is 9.10. The molecule has 2 aromatic carbocycles. The minimum absolute atomic E-state index is 0.428. The minimum Gasteiger partial charge on any atom is -0.495 e. The number of aryl methyl sites for hydroxylation is 1. The largest absolute Gasteiger partial charge is 0.495 e. The average Bonchev–Trinajstić information content (AvgIpc) is 3.09. The number of rotatable bonds is 8. The van der Waals surface area contributed by atoms with Gasteiger partial charge in [0, 0.05) is 74.0 Å². The standard InChI is InChI=1S/C38H50BrN8O2PSi/c1-26-23-34(47-16-13-28(14-17-47)46-20-18-45(2)19-21-46)35(49-3)24-33(26)43-38-40-25-30(39)37(44-38)42-32-12-11-31-29(36(32)50(4,5)48)10-9-27(41-31)15-22-51(6,7)8/h9-12,23-25,28H,13-14,16-21H2,1-8H3,(H2,40,42,43,44). The number of hydrogen-bond acceptors (Lipinski definition) is 10. The van der Waals surface area contributed by atoms with Gasteiger partial charge >= 0.3 is 0 Å². The highest BCUT2D eigenvalue weighted by Gasteiger charge is 2.28. The molecule has 0 spiro atoms. The van der Waals surface area contributed by atoms with E-state index in [-0.39, 0.29) is 0 Å². The number of benzene rings is 2. The number of aromatic nitrogens is 3. The van der Waals surface area contributed by atoms with E-state index in [1.807, 2.05) is 30.3 Å². The Morgan fingerprint density at radius 1 is 0.961 bits per heavy atom. The molecule has 2 N–H and O–H groups in total. The zero-order valence-electron chi connectivity index (χ0n) is 31.1. The fourth-order valence-electron chi connectivity index (χ4n) is 6.83. The van der Waals surface area contributed by atoms with Crippen LogP contribution in [-0.4, -0.2) is 106 Å². The molecule has 0 unspecified atom stereocenters. The van der Waals surface area contributed by atoms with E-state index in [0.29, 0.717) is 28.0 Å². The molecule has 4 heterocycles. The highest BCUT2D eigenvalue weighted by atomic mass is 79.9. The van der Waals surface area contributed by atoms with Crippen LogP contribution in [0.1, 0.15) is 24.1 Å². The van der Waals surface area contributed by atoms with E-state index in [0.717, 1.165) is 96.7 Å². The molecule has 270 valence electrons. The number of nitrogens with zero attached hydrogens (tertiary/aromatic N) is 6. The van der Waals surface area contributed by atoms with Crippen LogP contribution in [-0.2, 0) is 4.57 Å². The third-order valence-corrected chi connectivity index (χ3v) is 12.6. The van der Waals surface area contributed by atoms with Gasteiger partial charge in [0.1, 0.15) is 32.5 Å². The second-order valence-electron chi connectivity index (χ2n) is 15.1. The quantitative estimate of drug-likeness (QED) is 0.108. The van der Waals surface area contributed by atoms with E-state index in [4.69, 9.17) is 14.7 Å². The first-order valence-corrected chi connectivity index (χ1v) is 24.5. The van der Waals surface area contributed by atoms with Crippen LogP contribution in [0.4, 0.5) is 28.8 Å². The Kier molecular flexibility index (Phi) is 11.2. The predicted molar refractivity (Wildman–Crippen MR) is 219 cm³/mol. The van der Waals surface area contributed by atoms with Crippen molar-refractivity contribution in [1.29, 1.82) is 0 Å². The molecule has 0 bridgehead atoms. The maximum atomic E-state index is 13.7. The van der Waals surface area contributed by atoms with Gasteiger partial charge in [0.05, 0.1) is 28.5 Å². The van der Waals surface area contributed by atoms with Gasteiger partial charge in [-0.1, -0.05) is 25.6 Å². The average molecular weight is 790 g/mol. The number of piperidine rings is 1. The maximum Gasteiger partial charge on any atom is 0.229 e. The van der Waals surface area contributed by atoms with Crippen LogP contribution >= 0.6 is 23.1 Å². The first-order chi connectivity index (χ1) is 24.2. The fourth-order valence-corrected chi connectivity index (χ4v) is 9.10. The van der Waals surface area contributed by atoms with E-state index in [1.165, 1.54) is 0 Å². The molecule has 2 fully saturated rings. The molecule has 10 nitrogen and oxygen atoms in total. The zero-order valence-corrected chi connectivity index (χ0v) is 34.6. The normalized spacial score (nSPS) is 16.5. The summed E-state index contributed by atoms with van der Waals surface area (Å²) in [6.45, 7) is 18.9. The summed E-state index contributed by atoms with van der Waals surface area (Å²) in [7, 11) is -0.361. The third kappa shape index (κ3) is 8.95. The number of likely N-dealkylation sites (N-methyl/N-ethyl adjacent to an activating group) is 1. The lowest BCUT2D eigenvalue weighted by molar-refractivity contribution is 0.0981. The lowest BCUT2D eigenvalue weighted by Crippen LogP contribution is -2.52. The van der Waals surface area contributed by atoms with Crippen LogP contribution in [0.5, 0.6) is 5.75 Å². The molecule has 4 aromatic rings. The number of halogens is 1. The van der Waals surface area contributed by atoms with Crippen molar-refractivity contribution in [3.63, 3.8) is 0 Å². The van der Waals surface area contributed by atoms with Gasteiger partial charge in [-0.05, 0) is 92.0 Å². The topological polar surface area (TPSA) is 98.7 Å². The van der Waals surface area contributed by atoms with E-state index in [9.17, 15) is 4.57 Å². The molecule has 0 amide bonds. The Morgan fingerprint density at radius 3 is 2.35 bits per heavy atom. The van der Waals surface area contributed by atoms with Crippen molar-refractivity contribution in [1.82, 2.24) is 24.8 Å². The van der Waals surface area contributed by atoms with Crippen LogP contribution in [0.2, 0.25) is 19.6 Å². The Morgan fingerprint density at radius 2 is 1.69 bits per heavy atom. The monoisotopic (exact) mass is 788 g/mol. The second-order valence-corrected chi connectivity index (χ2v) is 23.9. The van der Waals surface area contributed by atoms with E-state index in [1.54, 1.807) is 26.6 Å². The number of hydrogen-bond donors (Lipinski definition) is 2. The molecular formula is C38H50BrN8O2PSi. The van der Waals surface area contributed by atoms with Gasteiger partial charge in [0.25, 0.3) is 0 Å². The van der Waals surface area contributed by atoms with Crippen molar-refractivity contribution in [2.75, 3.05) is 82.3 Å². The van der Waals surface area contributed by atoms with Crippen LogP contribution in [0.25, 0.3) is 10.9 Å². The van der Waals surface area contributed by atoms with Crippen molar-refractivity contribution >= 4 is 76.2 Å². The number of pyridine rings is 1. The molecule has 51 heavy (non-hydrogen) atoms. The van der Waals surface area contributed by atoms with Crippen molar-refractivity contribution in [2.45, 2.75) is 45.4 Å². The van der Waals surface area contributed by atoms with Gasteiger partial charge in [-0.3, -0.25) is 4.90 Å². The smallest absolute Gasteiger partial charge is 0.229 e. The molecule has 0 aliphatic carbocycles. The molecule has 13 heteroatoms. The van der Waals surface area contributed by atoms with Crippen LogP contribution in [0.3, 0.4) is 0 Å². The second kappa shape index (κ2) is 15.3. The Balaban J connectivity index is 1.22. The molecule has 0 saturated carbocycles. The van der Waals surface area contributed by atoms with Gasteiger partial charge in [0.2, 0.25) is 5.95 Å². The number of methoxy groups -OCH3 is 1. The van der Waals surface area contributed by atoms with Gasteiger partial charge in [-0.2, -0.15) is 4.98 Å². The molecular weight excluding hydrogens is 739 g/mol. The summed E-state index contributed by atoms with van der Waals surface area (Å²) in [6, 6.07) is 12.6. The van der Waals surface area contributed by atoms with Crippen LogP contribution in [0, 0.1) is 18.4 Å². The summed E-state index contributed by atoms with van der Waals surface area (Å²) in [5, 5.41) is 8.42. The molecule has 0 atom stereocenters. The zero-order chi connectivity index (χ0) is 36.5. The highest BCUT2D eigenvalue weighted by Crippen LogP contribution is 2.42. The molecule has 6 rings (SSSR count). The SMILES string of the molecule is COc1cc(Nc2ncc(Br)c(Nc3ccc4nc(C#C[Si](C)(C)C)ccc4c3P(C)(C)=O)n2)c(C)cc1N1CCC(N2CCN(C)CC2)CC1. The summed E-state index contributed by atoms with van der Waals surface area (Å²) >= 11 is 3.62. The molecule has 0 radical (unpaired) electrons. The number of piperazine rings is 1. The van der Waals surface area contributed by atoms with Crippen molar-refractivity contribution in [3.8, 4) is 17.2 Å². The molecule has 2 saturated heterocycles. The maximum absolute atomic E-state index is 13.7. The lowest BCUT2D eigenvalue weighted by atomic mass is 10.0. The Labute approximate surface area is 312 Å². The number of ether oxygens (including phenoxy) is 1. The number of fused-ring (bicyclic) bond motifs is 1. The Hall–Kier alpha value is -3.46. The fraction of sp³-hybridized carbons (Fsp3) is 0.447. The van der Waals surface area contributed by atoms with Gasteiger partial charge in [-0.15, -0.1) is 5.54 Å². The van der Waals surface area contributed by atoms with Gasteiger partial charge in [0.15, 0.2) is 0 Å². The number of anilines is 5. The summed E-state index contributed by atoms with van der Waals surface area (Å²) in [5.41, 5.74) is 8.64. The van der Waals surface area contributed by atoms with Crippen molar-refractivity contribution < 1.29 is 9.30 Å². The van der Waals surface area contributed by atoms with Gasteiger partial charge < -0.3 is 29.7 Å². The van der Waals surface area contributed by atoms with Crippen molar-refractivity contribution in [3.05, 3.63) is 58.3 Å². The summed E-state index contributed by atoms with van der Waals surface area (Å²) in [6.07, 6.45) is 4.03. The first kappa shape index (κ1) is 37.3. The molecule has 2 aliphatic heterocycles.